The van der Waals surface area contributed by atoms with Crippen LogP contribution in [0.5, 0.6) is 5.75 Å². The van der Waals surface area contributed by atoms with Gasteiger partial charge in [0.1, 0.15) is 5.75 Å². The Kier molecular flexibility index (Phi) is 5.58. The highest BCUT2D eigenvalue weighted by atomic mass is 32.1. The largest absolute Gasteiger partial charge is 0.497 e. The SMILES string of the molecule is COc1ccc2cc(-c3ccc(-c4ccc(-c5ccc6c(c5)C=CC(OC)C6)s4)s3)ccc2c1. The summed E-state index contributed by atoms with van der Waals surface area (Å²) in [5, 5.41) is 2.42. The van der Waals surface area contributed by atoms with E-state index in [0.29, 0.717) is 0 Å². The topological polar surface area (TPSA) is 18.5 Å². The van der Waals surface area contributed by atoms with Gasteiger partial charge >= 0.3 is 0 Å². The van der Waals surface area contributed by atoms with Crippen molar-refractivity contribution < 1.29 is 9.47 Å². The van der Waals surface area contributed by atoms with Gasteiger partial charge in [-0.15, -0.1) is 22.7 Å². The van der Waals surface area contributed by atoms with E-state index < -0.39 is 0 Å². The van der Waals surface area contributed by atoms with Gasteiger partial charge in [-0.1, -0.05) is 42.5 Å². The van der Waals surface area contributed by atoms with E-state index in [2.05, 4.69) is 84.9 Å². The first-order valence-electron chi connectivity index (χ1n) is 11.3. The highest BCUT2D eigenvalue weighted by Gasteiger charge is 2.15. The van der Waals surface area contributed by atoms with Crippen LogP contribution in [0, 0.1) is 0 Å². The molecule has 0 saturated carbocycles. The summed E-state index contributed by atoms with van der Waals surface area (Å²) in [6, 6.07) is 28.6. The third-order valence-corrected chi connectivity index (χ3v) is 8.90. The van der Waals surface area contributed by atoms with Crippen LogP contribution in [-0.4, -0.2) is 20.3 Å². The fourth-order valence-electron chi connectivity index (χ4n) is 4.50. The van der Waals surface area contributed by atoms with Crippen LogP contribution in [0.25, 0.3) is 47.5 Å². The van der Waals surface area contributed by atoms with Crippen LogP contribution in [0.1, 0.15) is 11.1 Å². The quantitative estimate of drug-likeness (QED) is 0.251. The number of methoxy groups -OCH3 is 2. The van der Waals surface area contributed by atoms with Gasteiger partial charge < -0.3 is 9.47 Å². The lowest BCUT2D eigenvalue weighted by molar-refractivity contribution is 0.141. The molecule has 1 unspecified atom stereocenters. The van der Waals surface area contributed by atoms with Gasteiger partial charge in [-0.25, -0.2) is 0 Å². The summed E-state index contributed by atoms with van der Waals surface area (Å²) in [5.74, 6) is 0.890. The smallest absolute Gasteiger partial charge is 0.119 e. The van der Waals surface area contributed by atoms with Gasteiger partial charge in [-0.05, 0) is 81.6 Å². The minimum absolute atomic E-state index is 0.185. The number of ether oxygens (including phenoxy) is 2. The molecule has 0 N–H and O–H groups in total. The molecule has 0 aliphatic heterocycles. The maximum Gasteiger partial charge on any atom is 0.119 e. The average Bonchev–Trinajstić information content (AvgIpc) is 3.58. The van der Waals surface area contributed by atoms with Gasteiger partial charge in [0, 0.05) is 33.0 Å². The molecule has 0 spiro atoms. The Labute approximate surface area is 207 Å². The predicted molar refractivity (Wildman–Crippen MR) is 146 cm³/mol. The Hall–Kier alpha value is -3.18. The van der Waals surface area contributed by atoms with Crippen molar-refractivity contribution in [1.29, 1.82) is 0 Å². The third-order valence-electron chi connectivity index (χ3n) is 6.43. The molecule has 0 bridgehead atoms. The average molecular weight is 481 g/mol. The molecule has 1 atom stereocenters. The molecule has 2 heterocycles. The van der Waals surface area contributed by atoms with Gasteiger partial charge in [-0.2, -0.15) is 0 Å². The molecule has 0 fully saturated rings. The minimum atomic E-state index is 0.185. The molecule has 0 saturated heterocycles. The molecule has 6 rings (SSSR count). The molecule has 1 aliphatic rings. The van der Waals surface area contributed by atoms with Crippen LogP contribution in [0.4, 0.5) is 0 Å². The van der Waals surface area contributed by atoms with Gasteiger partial charge in [0.2, 0.25) is 0 Å². The number of fused-ring (bicyclic) bond motifs is 2. The maximum absolute atomic E-state index is 5.49. The van der Waals surface area contributed by atoms with Crippen molar-refractivity contribution in [2.24, 2.45) is 0 Å². The molecule has 4 heteroatoms. The fourth-order valence-corrected chi connectivity index (χ4v) is 6.60. The van der Waals surface area contributed by atoms with E-state index >= 15 is 0 Å². The number of rotatable bonds is 5. The second kappa shape index (κ2) is 8.88. The Bertz CT molecular complexity index is 1520. The van der Waals surface area contributed by atoms with Crippen LogP contribution in [-0.2, 0) is 11.2 Å². The van der Waals surface area contributed by atoms with Crippen LogP contribution in [0.15, 0.2) is 84.9 Å². The van der Waals surface area contributed by atoms with Gasteiger partial charge in [0.15, 0.2) is 0 Å². The van der Waals surface area contributed by atoms with Crippen molar-refractivity contribution in [2.45, 2.75) is 12.5 Å². The normalized spacial score (nSPS) is 14.9. The van der Waals surface area contributed by atoms with E-state index in [9.17, 15) is 0 Å². The van der Waals surface area contributed by atoms with E-state index in [4.69, 9.17) is 9.47 Å². The zero-order valence-corrected chi connectivity index (χ0v) is 20.7. The van der Waals surface area contributed by atoms with E-state index in [1.54, 1.807) is 14.2 Å². The summed E-state index contributed by atoms with van der Waals surface area (Å²) in [6.07, 6.45) is 5.47. The van der Waals surface area contributed by atoms with Crippen molar-refractivity contribution in [3.8, 4) is 36.4 Å². The lowest BCUT2D eigenvalue weighted by Crippen LogP contribution is -2.14. The van der Waals surface area contributed by atoms with Gasteiger partial charge in [-0.3, -0.25) is 0 Å². The van der Waals surface area contributed by atoms with E-state index in [-0.39, 0.29) is 6.10 Å². The molecular weight excluding hydrogens is 456 g/mol. The standard InChI is InChI=1S/C30H24O2S2/c1-31-25-9-7-19-15-23(5-3-21(19)17-25)27-11-13-29(33-27)30-14-12-28(34-30)24-6-4-22-18-26(32-2)10-8-20(22)16-24/h3-17,26H,18H2,1-2H3. The number of benzene rings is 3. The minimum Gasteiger partial charge on any atom is -0.497 e. The summed E-state index contributed by atoms with van der Waals surface area (Å²) in [6.45, 7) is 0. The van der Waals surface area contributed by atoms with Crippen molar-refractivity contribution in [1.82, 2.24) is 0 Å². The van der Waals surface area contributed by atoms with Crippen molar-refractivity contribution in [3.63, 3.8) is 0 Å². The molecule has 3 aromatic carbocycles. The maximum atomic E-state index is 5.49. The molecule has 0 amide bonds. The number of thiophene rings is 2. The zero-order valence-electron chi connectivity index (χ0n) is 19.1. The molecule has 0 radical (unpaired) electrons. The predicted octanol–water partition coefficient (Wildman–Crippen LogP) is 8.56. The van der Waals surface area contributed by atoms with Crippen molar-refractivity contribution in [3.05, 3.63) is 96.1 Å². The summed E-state index contributed by atoms with van der Waals surface area (Å²) in [4.78, 5) is 5.20. The fraction of sp³-hybridized carbons (Fsp3) is 0.133. The van der Waals surface area contributed by atoms with E-state index in [0.717, 1.165) is 12.2 Å². The van der Waals surface area contributed by atoms with Gasteiger partial charge in [0.05, 0.1) is 13.2 Å². The van der Waals surface area contributed by atoms with Crippen LogP contribution >= 0.6 is 22.7 Å². The monoisotopic (exact) mass is 480 g/mol. The molecule has 2 nitrogen and oxygen atoms in total. The molecule has 5 aromatic rings. The summed E-state index contributed by atoms with van der Waals surface area (Å²) in [7, 11) is 3.48. The first kappa shape index (κ1) is 21.4. The first-order chi connectivity index (χ1) is 16.7. The highest BCUT2D eigenvalue weighted by Crippen LogP contribution is 2.41. The molecule has 34 heavy (non-hydrogen) atoms. The van der Waals surface area contributed by atoms with E-state index in [1.165, 1.54) is 52.5 Å². The van der Waals surface area contributed by atoms with Crippen LogP contribution in [0.2, 0.25) is 0 Å². The second-order valence-corrected chi connectivity index (χ2v) is 10.7. The first-order valence-corrected chi connectivity index (χ1v) is 13.0. The lowest BCUT2D eigenvalue weighted by atomic mass is 9.93. The van der Waals surface area contributed by atoms with Crippen molar-refractivity contribution in [2.75, 3.05) is 14.2 Å². The van der Waals surface area contributed by atoms with Crippen LogP contribution < -0.4 is 4.74 Å². The molecule has 1 aliphatic carbocycles. The summed E-state index contributed by atoms with van der Waals surface area (Å²) < 4.78 is 10.8. The Morgan fingerprint density at radius 3 is 2.06 bits per heavy atom. The summed E-state index contributed by atoms with van der Waals surface area (Å²) in [5.41, 5.74) is 5.18. The Balaban J connectivity index is 1.26. The van der Waals surface area contributed by atoms with Crippen LogP contribution in [0.3, 0.4) is 0 Å². The van der Waals surface area contributed by atoms with Gasteiger partial charge in [0.25, 0.3) is 0 Å². The highest BCUT2D eigenvalue weighted by molar-refractivity contribution is 7.25. The molecular formula is C30H24O2S2. The van der Waals surface area contributed by atoms with Crippen molar-refractivity contribution >= 4 is 39.5 Å². The number of hydrogen-bond donors (Lipinski definition) is 0. The lowest BCUT2D eigenvalue weighted by Gasteiger charge is -2.18. The Morgan fingerprint density at radius 2 is 1.32 bits per heavy atom. The third kappa shape index (κ3) is 3.98. The molecule has 168 valence electrons. The zero-order chi connectivity index (χ0) is 23.1. The summed E-state index contributed by atoms with van der Waals surface area (Å²) >= 11 is 3.71. The molecule has 2 aromatic heterocycles. The second-order valence-electron chi connectivity index (χ2n) is 8.51. The Morgan fingerprint density at radius 1 is 0.676 bits per heavy atom. The van der Waals surface area contributed by atoms with E-state index in [1.807, 2.05) is 28.7 Å². The number of hydrogen-bond acceptors (Lipinski definition) is 4.